The first-order valence-electron chi connectivity index (χ1n) is 5.27. The van der Waals surface area contributed by atoms with Crippen LogP contribution in [0, 0.1) is 18.3 Å². The molecule has 0 aliphatic carbocycles. The van der Waals surface area contributed by atoms with Gasteiger partial charge in [-0.25, -0.2) is 0 Å². The Morgan fingerprint density at radius 2 is 2.17 bits per heavy atom. The fourth-order valence-corrected chi connectivity index (χ4v) is 1.66. The largest absolute Gasteiger partial charge is 0.303 e. The van der Waals surface area contributed by atoms with Crippen molar-refractivity contribution in [1.29, 1.82) is 5.26 Å². The van der Waals surface area contributed by atoms with Crippen LogP contribution in [0.15, 0.2) is 12.3 Å². The fraction of sp³-hybridized carbons (Fsp3) is 0.273. The van der Waals surface area contributed by atoms with Crippen molar-refractivity contribution >= 4 is 11.7 Å². The number of carbonyl (C=O) groups excluding carboxylic acids is 1. The molecule has 18 heavy (non-hydrogen) atoms. The van der Waals surface area contributed by atoms with Crippen LogP contribution in [0.3, 0.4) is 0 Å². The molecular formula is C11H12N6O. The van der Waals surface area contributed by atoms with Crippen molar-refractivity contribution in [3.05, 3.63) is 29.2 Å². The average Bonchev–Trinajstić information content (AvgIpc) is 2.81. The molecule has 7 nitrogen and oxygen atoms in total. The number of carbonyl (C=O) groups is 1. The minimum Gasteiger partial charge on any atom is -0.303 e. The van der Waals surface area contributed by atoms with Crippen molar-refractivity contribution in [1.82, 2.24) is 19.6 Å². The first-order chi connectivity index (χ1) is 8.51. The minimum atomic E-state index is -0.340. The van der Waals surface area contributed by atoms with Crippen LogP contribution in [0.5, 0.6) is 0 Å². The Kier molecular flexibility index (Phi) is 2.85. The molecule has 0 atom stereocenters. The molecule has 0 spiro atoms. The van der Waals surface area contributed by atoms with Crippen LogP contribution in [-0.4, -0.2) is 25.5 Å². The lowest BCUT2D eigenvalue weighted by molar-refractivity contribution is 0.101. The average molecular weight is 244 g/mol. The van der Waals surface area contributed by atoms with Crippen molar-refractivity contribution in [3.63, 3.8) is 0 Å². The molecule has 0 unspecified atom stereocenters. The number of anilines is 1. The summed E-state index contributed by atoms with van der Waals surface area (Å²) in [6.07, 6.45) is 1.55. The Hall–Kier alpha value is -2.62. The van der Waals surface area contributed by atoms with E-state index in [1.165, 1.54) is 9.36 Å². The molecular weight excluding hydrogens is 232 g/mol. The van der Waals surface area contributed by atoms with Gasteiger partial charge in [-0.1, -0.05) is 0 Å². The summed E-state index contributed by atoms with van der Waals surface area (Å²) in [5.74, 6) is -0.0860. The molecule has 0 fully saturated rings. The Labute approximate surface area is 104 Å². The molecule has 0 radical (unpaired) electrons. The van der Waals surface area contributed by atoms with E-state index in [0.29, 0.717) is 11.3 Å². The van der Waals surface area contributed by atoms with Gasteiger partial charge in [-0.05, 0) is 13.0 Å². The molecule has 0 aliphatic rings. The van der Waals surface area contributed by atoms with E-state index < -0.39 is 0 Å². The molecule has 2 heterocycles. The van der Waals surface area contributed by atoms with Gasteiger partial charge in [-0.2, -0.15) is 15.5 Å². The van der Waals surface area contributed by atoms with Crippen LogP contribution in [0.1, 0.15) is 21.7 Å². The van der Waals surface area contributed by atoms with Gasteiger partial charge >= 0.3 is 0 Å². The minimum absolute atomic E-state index is 0.254. The van der Waals surface area contributed by atoms with Crippen molar-refractivity contribution in [2.45, 2.75) is 6.92 Å². The van der Waals surface area contributed by atoms with Gasteiger partial charge < -0.3 is 5.32 Å². The van der Waals surface area contributed by atoms with Gasteiger partial charge in [0.05, 0.1) is 5.69 Å². The topological polar surface area (TPSA) is 88.5 Å². The molecule has 1 amide bonds. The number of nitrogens with one attached hydrogen (secondary N) is 1. The van der Waals surface area contributed by atoms with Crippen molar-refractivity contribution in [3.8, 4) is 6.07 Å². The van der Waals surface area contributed by atoms with E-state index >= 15 is 0 Å². The first kappa shape index (κ1) is 11.9. The zero-order valence-electron chi connectivity index (χ0n) is 10.3. The SMILES string of the molecule is Cc1cc(C(=O)Nc2nn(C)cc2C#N)n(C)n1. The molecule has 0 bridgehead atoms. The summed E-state index contributed by atoms with van der Waals surface area (Å²) in [7, 11) is 3.37. The van der Waals surface area contributed by atoms with Crippen LogP contribution in [0.2, 0.25) is 0 Å². The summed E-state index contributed by atoms with van der Waals surface area (Å²) < 4.78 is 2.96. The lowest BCUT2D eigenvalue weighted by Crippen LogP contribution is -2.17. The maximum Gasteiger partial charge on any atom is 0.275 e. The summed E-state index contributed by atoms with van der Waals surface area (Å²) in [5.41, 5.74) is 1.50. The second-order valence-electron chi connectivity index (χ2n) is 3.93. The molecule has 2 aromatic rings. The molecule has 0 aromatic carbocycles. The number of hydrogen-bond donors (Lipinski definition) is 1. The summed E-state index contributed by atoms with van der Waals surface area (Å²) >= 11 is 0. The van der Waals surface area contributed by atoms with Gasteiger partial charge in [-0.15, -0.1) is 0 Å². The summed E-state index contributed by atoms with van der Waals surface area (Å²) in [5, 5.41) is 19.6. The lowest BCUT2D eigenvalue weighted by Gasteiger charge is -2.02. The number of aromatic nitrogens is 4. The van der Waals surface area contributed by atoms with Crippen LogP contribution in [0.25, 0.3) is 0 Å². The van der Waals surface area contributed by atoms with Crippen LogP contribution in [-0.2, 0) is 14.1 Å². The van der Waals surface area contributed by atoms with E-state index in [-0.39, 0.29) is 11.7 Å². The Balaban J connectivity index is 2.27. The normalized spacial score (nSPS) is 10.1. The number of aryl methyl sites for hydroxylation is 3. The zero-order valence-corrected chi connectivity index (χ0v) is 10.3. The first-order valence-corrected chi connectivity index (χ1v) is 5.27. The standard InChI is InChI=1S/C11H12N6O/c1-7-4-9(17(3)14-7)11(18)13-10-8(5-12)6-16(2)15-10/h4,6H,1-3H3,(H,13,15,18). The highest BCUT2D eigenvalue weighted by Gasteiger charge is 2.15. The second-order valence-corrected chi connectivity index (χ2v) is 3.93. The van der Waals surface area contributed by atoms with Gasteiger partial charge in [0.2, 0.25) is 0 Å². The maximum atomic E-state index is 12.0. The number of nitriles is 1. The quantitative estimate of drug-likeness (QED) is 0.837. The Morgan fingerprint density at radius 1 is 1.44 bits per heavy atom. The van der Waals surface area contributed by atoms with E-state index in [4.69, 9.17) is 5.26 Å². The molecule has 0 saturated heterocycles. The van der Waals surface area contributed by atoms with Gasteiger partial charge in [0, 0.05) is 20.3 Å². The third-order valence-corrected chi connectivity index (χ3v) is 2.42. The highest BCUT2D eigenvalue weighted by molar-refractivity contribution is 6.03. The van der Waals surface area contributed by atoms with Crippen LogP contribution < -0.4 is 5.32 Å². The fourth-order valence-electron chi connectivity index (χ4n) is 1.66. The molecule has 92 valence electrons. The maximum absolute atomic E-state index is 12.0. The number of nitrogens with zero attached hydrogens (tertiary/aromatic N) is 5. The van der Waals surface area contributed by atoms with Gasteiger partial charge in [0.1, 0.15) is 17.3 Å². The van der Waals surface area contributed by atoms with Crippen LogP contribution >= 0.6 is 0 Å². The number of amides is 1. The Morgan fingerprint density at radius 3 is 2.72 bits per heavy atom. The van der Waals surface area contributed by atoms with E-state index in [9.17, 15) is 4.79 Å². The summed E-state index contributed by atoms with van der Waals surface area (Å²) in [6, 6.07) is 3.64. The Bertz CT molecular complexity index is 645. The summed E-state index contributed by atoms with van der Waals surface area (Å²) in [4.78, 5) is 12.0. The molecule has 0 saturated carbocycles. The second kappa shape index (κ2) is 4.33. The number of hydrogen-bond acceptors (Lipinski definition) is 4. The van der Waals surface area contributed by atoms with E-state index in [1.54, 1.807) is 33.3 Å². The molecule has 2 rings (SSSR count). The van der Waals surface area contributed by atoms with Crippen molar-refractivity contribution < 1.29 is 4.79 Å². The third kappa shape index (κ3) is 2.08. The summed E-state index contributed by atoms with van der Waals surface area (Å²) in [6.45, 7) is 1.80. The molecule has 1 N–H and O–H groups in total. The monoisotopic (exact) mass is 244 g/mol. The smallest absolute Gasteiger partial charge is 0.275 e. The number of rotatable bonds is 2. The predicted molar refractivity (Wildman–Crippen MR) is 63.8 cm³/mol. The van der Waals surface area contributed by atoms with Crippen molar-refractivity contribution in [2.75, 3.05) is 5.32 Å². The van der Waals surface area contributed by atoms with Gasteiger partial charge in [0.25, 0.3) is 5.91 Å². The van der Waals surface area contributed by atoms with Crippen molar-refractivity contribution in [2.24, 2.45) is 14.1 Å². The highest BCUT2D eigenvalue weighted by Crippen LogP contribution is 2.12. The zero-order chi connectivity index (χ0) is 13.3. The third-order valence-electron chi connectivity index (χ3n) is 2.42. The van der Waals surface area contributed by atoms with E-state index in [2.05, 4.69) is 15.5 Å². The highest BCUT2D eigenvalue weighted by atomic mass is 16.2. The molecule has 2 aromatic heterocycles. The molecule has 7 heteroatoms. The van der Waals surface area contributed by atoms with E-state index in [0.717, 1.165) is 5.69 Å². The predicted octanol–water partition coefficient (Wildman–Crippen LogP) is 0.586. The lowest BCUT2D eigenvalue weighted by atomic mass is 10.3. The van der Waals surface area contributed by atoms with Gasteiger partial charge in [-0.3, -0.25) is 14.2 Å². The van der Waals surface area contributed by atoms with Gasteiger partial charge in [0.15, 0.2) is 5.82 Å². The molecule has 0 aliphatic heterocycles. The van der Waals surface area contributed by atoms with Crippen LogP contribution in [0.4, 0.5) is 5.82 Å². The van der Waals surface area contributed by atoms with E-state index in [1.807, 2.05) is 6.07 Å².